The fourth-order valence-corrected chi connectivity index (χ4v) is 1.91. The van der Waals surface area contributed by atoms with E-state index in [-0.39, 0.29) is 29.8 Å². The number of rotatable bonds is 4. The molecule has 1 aliphatic rings. The molecule has 0 saturated carbocycles. The van der Waals surface area contributed by atoms with E-state index in [0.29, 0.717) is 12.4 Å². The standard InChI is InChI=1S/C12H16ClFN2O.2ClH/c13-11-2-1-10(9-12(11)14)17-8-7-16-5-3-15-4-6-16;;/h1-2,9,15H,3-8H2;2*1H. The van der Waals surface area contributed by atoms with Crippen LogP contribution in [0.1, 0.15) is 0 Å². The topological polar surface area (TPSA) is 24.5 Å². The van der Waals surface area contributed by atoms with Gasteiger partial charge in [0.25, 0.3) is 0 Å². The third-order valence-corrected chi connectivity index (χ3v) is 3.08. The molecule has 1 heterocycles. The summed E-state index contributed by atoms with van der Waals surface area (Å²) in [5.74, 6) is 0.0911. The van der Waals surface area contributed by atoms with Gasteiger partial charge in [-0.15, -0.1) is 24.8 Å². The highest BCUT2D eigenvalue weighted by molar-refractivity contribution is 6.30. The van der Waals surface area contributed by atoms with Crippen molar-refractivity contribution in [2.45, 2.75) is 0 Å². The van der Waals surface area contributed by atoms with Crippen LogP contribution >= 0.6 is 36.4 Å². The van der Waals surface area contributed by atoms with E-state index < -0.39 is 5.82 Å². The largest absolute Gasteiger partial charge is 0.492 e. The minimum atomic E-state index is -0.439. The molecule has 0 radical (unpaired) electrons. The van der Waals surface area contributed by atoms with E-state index in [1.54, 1.807) is 6.07 Å². The molecular weight excluding hydrogens is 314 g/mol. The van der Waals surface area contributed by atoms with Gasteiger partial charge in [0.2, 0.25) is 0 Å². The lowest BCUT2D eigenvalue weighted by molar-refractivity contribution is 0.191. The molecule has 0 aromatic heterocycles. The fourth-order valence-electron chi connectivity index (χ4n) is 1.79. The van der Waals surface area contributed by atoms with Crippen LogP contribution in [-0.4, -0.2) is 44.2 Å². The summed E-state index contributed by atoms with van der Waals surface area (Å²) in [7, 11) is 0. The van der Waals surface area contributed by atoms with Gasteiger partial charge in [-0.25, -0.2) is 4.39 Å². The maximum absolute atomic E-state index is 13.1. The van der Waals surface area contributed by atoms with Crippen molar-refractivity contribution < 1.29 is 9.13 Å². The lowest BCUT2D eigenvalue weighted by Crippen LogP contribution is -2.44. The molecule has 0 spiro atoms. The van der Waals surface area contributed by atoms with Gasteiger partial charge in [0.1, 0.15) is 18.2 Å². The molecule has 0 unspecified atom stereocenters. The van der Waals surface area contributed by atoms with Crippen LogP contribution in [0.2, 0.25) is 5.02 Å². The Labute approximate surface area is 130 Å². The summed E-state index contributed by atoms with van der Waals surface area (Å²) in [6, 6.07) is 4.51. The van der Waals surface area contributed by atoms with Crippen molar-refractivity contribution in [2.75, 3.05) is 39.3 Å². The Kier molecular flexibility index (Phi) is 9.48. The Hall–Kier alpha value is -0.260. The molecule has 7 heteroatoms. The molecule has 1 aromatic rings. The smallest absolute Gasteiger partial charge is 0.145 e. The van der Waals surface area contributed by atoms with E-state index in [9.17, 15) is 4.39 Å². The second-order valence-electron chi connectivity index (χ2n) is 4.02. The lowest BCUT2D eigenvalue weighted by Gasteiger charge is -2.26. The number of hydrogen-bond donors (Lipinski definition) is 1. The average Bonchev–Trinajstić information content (AvgIpc) is 2.35. The Morgan fingerprint density at radius 2 is 1.95 bits per heavy atom. The van der Waals surface area contributed by atoms with Gasteiger partial charge in [-0.2, -0.15) is 0 Å². The average molecular weight is 332 g/mol. The SMILES string of the molecule is Cl.Cl.Fc1cc(OCCN2CCNCC2)ccc1Cl. The van der Waals surface area contributed by atoms with Gasteiger partial charge in [0.15, 0.2) is 0 Å². The van der Waals surface area contributed by atoms with Crippen molar-refractivity contribution in [1.82, 2.24) is 10.2 Å². The Morgan fingerprint density at radius 1 is 1.26 bits per heavy atom. The summed E-state index contributed by atoms with van der Waals surface area (Å²) < 4.78 is 18.6. The van der Waals surface area contributed by atoms with Gasteiger partial charge < -0.3 is 10.1 Å². The zero-order valence-corrected chi connectivity index (χ0v) is 12.8. The number of hydrogen-bond acceptors (Lipinski definition) is 3. The first-order valence-corrected chi connectivity index (χ1v) is 6.14. The summed E-state index contributed by atoms with van der Waals surface area (Å²) in [6.45, 7) is 5.56. The van der Waals surface area contributed by atoms with E-state index in [4.69, 9.17) is 16.3 Å². The van der Waals surface area contributed by atoms with Gasteiger partial charge >= 0.3 is 0 Å². The summed E-state index contributed by atoms with van der Waals surface area (Å²) in [4.78, 5) is 2.32. The van der Waals surface area contributed by atoms with Crippen molar-refractivity contribution in [1.29, 1.82) is 0 Å². The maximum atomic E-state index is 13.1. The van der Waals surface area contributed by atoms with E-state index >= 15 is 0 Å². The number of nitrogens with one attached hydrogen (secondary N) is 1. The monoisotopic (exact) mass is 330 g/mol. The Balaban J connectivity index is 0.00000162. The van der Waals surface area contributed by atoms with E-state index in [0.717, 1.165) is 32.7 Å². The van der Waals surface area contributed by atoms with Gasteiger partial charge in [0.05, 0.1) is 5.02 Å². The highest BCUT2D eigenvalue weighted by Crippen LogP contribution is 2.20. The van der Waals surface area contributed by atoms with E-state index in [1.165, 1.54) is 12.1 Å². The van der Waals surface area contributed by atoms with Crippen LogP contribution in [0.25, 0.3) is 0 Å². The first-order chi connectivity index (χ1) is 8.25. The molecule has 2 rings (SSSR count). The second kappa shape index (κ2) is 9.61. The number of halogens is 4. The molecule has 1 aliphatic heterocycles. The van der Waals surface area contributed by atoms with Crippen molar-refractivity contribution in [2.24, 2.45) is 0 Å². The number of benzene rings is 1. The molecule has 110 valence electrons. The molecule has 0 atom stereocenters. The van der Waals surface area contributed by atoms with Crippen molar-refractivity contribution >= 4 is 36.4 Å². The normalized spacial score (nSPS) is 15.3. The first kappa shape index (κ1) is 18.7. The highest BCUT2D eigenvalue weighted by Gasteiger charge is 2.09. The zero-order chi connectivity index (χ0) is 12.1. The van der Waals surface area contributed by atoms with Gasteiger partial charge in [-0.05, 0) is 12.1 Å². The van der Waals surface area contributed by atoms with Crippen LogP contribution in [0.3, 0.4) is 0 Å². The Bertz CT molecular complexity index is 376. The molecule has 1 N–H and O–H groups in total. The van der Waals surface area contributed by atoms with Gasteiger partial charge in [-0.1, -0.05) is 11.6 Å². The van der Waals surface area contributed by atoms with Gasteiger partial charge in [0, 0.05) is 38.8 Å². The lowest BCUT2D eigenvalue weighted by atomic mass is 10.3. The molecule has 1 aromatic carbocycles. The highest BCUT2D eigenvalue weighted by atomic mass is 35.5. The molecule has 0 amide bonds. The predicted octanol–water partition coefficient (Wildman–Crippen LogP) is 2.61. The van der Waals surface area contributed by atoms with Crippen molar-refractivity contribution in [3.05, 3.63) is 29.0 Å². The van der Waals surface area contributed by atoms with Crippen LogP contribution in [0.4, 0.5) is 4.39 Å². The van der Waals surface area contributed by atoms with Crippen molar-refractivity contribution in [3.8, 4) is 5.75 Å². The van der Waals surface area contributed by atoms with Crippen LogP contribution < -0.4 is 10.1 Å². The molecule has 0 aliphatic carbocycles. The second-order valence-corrected chi connectivity index (χ2v) is 4.42. The van der Waals surface area contributed by atoms with Gasteiger partial charge in [-0.3, -0.25) is 4.90 Å². The van der Waals surface area contributed by atoms with Crippen LogP contribution in [0.15, 0.2) is 18.2 Å². The van der Waals surface area contributed by atoms with Crippen LogP contribution in [0.5, 0.6) is 5.75 Å². The zero-order valence-electron chi connectivity index (χ0n) is 10.4. The minimum absolute atomic E-state index is 0. The van der Waals surface area contributed by atoms with E-state index in [1.807, 2.05) is 0 Å². The summed E-state index contributed by atoms with van der Waals surface area (Å²) in [6.07, 6.45) is 0. The fraction of sp³-hybridized carbons (Fsp3) is 0.500. The summed E-state index contributed by atoms with van der Waals surface area (Å²) in [5, 5.41) is 3.41. The first-order valence-electron chi connectivity index (χ1n) is 5.76. The quantitative estimate of drug-likeness (QED) is 0.918. The number of ether oxygens (including phenoxy) is 1. The van der Waals surface area contributed by atoms with Crippen LogP contribution in [0, 0.1) is 5.82 Å². The third-order valence-electron chi connectivity index (χ3n) is 2.78. The molecular formula is C12H18Cl3FN2O. The number of nitrogens with zero attached hydrogens (tertiary/aromatic N) is 1. The third kappa shape index (κ3) is 6.15. The molecule has 1 fully saturated rings. The molecule has 1 saturated heterocycles. The molecule has 0 bridgehead atoms. The van der Waals surface area contributed by atoms with Crippen LogP contribution in [-0.2, 0) is 0 Å². The minimum Gasteiger partial charge on any atom is -0.492 e. The molecule has 19 heavy (non-hydrogen) atoms. The number of piperazine rings is 1. The van der Waals surface area contributed by atoms with E-state index in [2.05, 4.69) is 10.2 Å². The summed E-state index contributed by atoms with van der Waals surface area (Å²) >= 11 is 5.59. The predicted molar refractivity (Wildman–Crippen MR) is 80.7 cm³/mol. The maximum Gasteiger partial charge on any atom is 0.145 e. The summed E-state index contributed by atoms with van der Waals surface area (Å²) in [5.41, 5.74) is 0. The molecule has 3 nitrogen and oxygen atoms in total. The van der Waals surface area contributed by atoms with Crippen molar-refractivity contribution in [3.63, 3.8) is 0 Å². The Morgan fingerprint density at radius 3 is 2.58 bits per heavy atom.